The van der Waals surface area contributed by atoms with Gasteiger partial charge in [-0.2, -0.15) is 0 Å². The molecule has 0 aliphatic carbocycles. The van der Waals surface area contributed by atoms with E-state index in [1.165, 1.54) is 19.1 Å². The Hall–Kier alpha value is -4.23. The lowest BCUT2D eigenvalue weighted by molar-refractivity contribution is -0.140. The average molecular weight is 493 g/mol. The number of carbonyl (C=O) groups excluding carboxylic acids is 1. The summed E-state index contributed by atoms with van der Waals surface area (Å²) >= 11 is 0. The maximum Gasteiger partial charge on any atom is 0.333 e. The number of aliphatic hydroxyl groups excluding tert-OH is 1. The van der Waals surface area contributed by atoms with Crippen molar-refractivity contribution in [2.45, 2.75) is 20.3 Å². The van der Waals surface area contributed by atoms with Crippen LogP contribution in [0.25, 0.3) is 6.08 Å². The molecule has 1 atom stereocenters. The predicted molar refractivity (Wildman–Crippen MR) is 139 cm³/mol. The van der Waals surface area contributed by atoms with Crippen molar-refractivity contribution < 1.29 is 34.4 Å². The Morgan fingerprint density at radius 3 is 2.00 bits per heavy atom. The highest BCUT2D eigenvalue weighted by Gasteiger charge is 2.18. The Kier molecular flexibility index (Phi) is 13.6. The largest absolute Gasteiger partial charge is 0.478 e. The zero-order valence-corrected chi connectivity index (χ0v) is 20.5. The van der Waals surface area contributed by atoms with Gasteiger partial charge >= 0.3 is 17.9 Å². The molecule has 2 aromatic carbocycles. The van der Waals surface area contributed by atoms with Crippen molar-refractivity contribution in [2.24, 2.45) is 5.92 Å². The van der Waals surface area contributed by atoms with Crippen LogP contribution in [-0.2, 0) is 25.5 Å². The van der Waals surface area contributed by atoms with Crippen molar-refractivity contribution in [3.63, 3.8) is 0 Å². The van der Waals surface area contributed by atoms with Crippen LogP contribution in [0.2, 0.25) is 0 Å². The van der Waals surface area contributed by atoms with Crippen LogP contribution in [-0.4, -0.2) is 46.4 Å². The van der Waals surface area contributed by atoms with E-state index in [1.807, 2.05) is 72.8 Å². The van der Waals surface area contributed by atoms with Gasteiger partial charge in [0.2, 0.25) is 0 Å². The van der Waals surface area contributed by atoms with Gasteiger partial charge in [-0.3, -0.25) is 0 Å². The molecule has 7 heteroatoms. The van der Waals surface area contributed by atoms with E-state index < -0.39 is 23.8 Å². The third-order valence-electron chi connectivity index (χ3n) is 4.79. The average Bonchev–Trinajstić information content (AvgIpc) is 2.86. The number of carboxylic acids is 2. The Morgan fingerprint density at radius 2 is 1.50 bits per heavy atom. The number of ether oxygens (including phenoxy) is 1. The molecular weight excluding hydrogens is 460 g/mol. The molecule has 0 radical (unpaired) electrons. The topological polar surface area (TPSA) is 121 Å². The van der Waals surface area contributed by atoms with Gasteiger partial charge < -0.3 is 20.1 Å². The predicted octanol–water partition coefficient (Wildman–Crippen LogP) is 4.70. The second kappa shape index (κ2) is 16.4. The van der Waals surface area contributed by atoms with E-state index in [4.69, 9.17) is 10.2 Å². The molecule has 36 heavy (non-hydrogen) atoms. The molecule has 0 aliphatic heterocycles. The van der Waals surface area contributed by atoms with E-state index in [2.05, 4.69) is 11.3 Å². The Morgan fingerprint density at radius 1 is 0.917 bits per heavy atom. The number of benzene rings is 2. The van der Waals surface area contributed by atoms with E-state index in [9.17, 15) is 19.5 Å². The summed E-state index contributed by atoms with van der Waals surface area (Å²) in [5, 5.41) is 26.9. The lowest BCUT2D eigenvalue weighted by atomic mass is 9.90. The number of allylic oxidation sites excluding steroid dienone is 3. The number of rotatable bonds is 11. The van der Waals surface area contributed by atoms with Crippen LogP contribution in [0.4, 0.5) is 0 Å². The normalized spacial score (nSPS) is 12.3. The lowest BCUT2D eigenvalue weighted by Crippen LogP contribution is -2.13. The first-order valence-electron chi connectivity index (χ1n) is 11.2. The molecule has 1 unspecified atom stereocenters. The SMILES string of the molecule is C=C(C)C(=O)OCCO.CC(=CC=C(C(=O)O)C(C=Cc1ccccc1)Cc1ccccc1)C(=O)O. The zero-order chi connectivity index (χ0) is 26.9. The van der Waals surface area contributed by atoms with Gasteiger partial charge in [0, 0.05) is 22.6 Å². The smallest absolute Gasteiger partial charge is 0.333 e. The molecule has 7 nitrogen and oxygen atoms in total. The van der Waals surface area contributed by atoms with E-state index in [0.29, 0.717) is 12.0 Å². The molecule has 0 spiro atoms. The first-order valence-corrected chi connectivity index (χ1v) is 11.2. The first kappa shape index (κ1) is 29.8. The van der Waals surface area contributed by atoms with Gasteiger partial charge in [0.05, 0.1) is 6.61 Å². The highest BCUT2D eigenvalue weighted by molar-refractivity contribution is 5.90. The van der Waals surface area contributed by atoms with Gasteiger partial charge in [0.1, 0.15) is 6.61 Å². The second-order valence-corrected chi connectivity index (χ2v) is 7.79. The summed E-state index contributed by atoms with van der Waals surface area (Å²) in [6.45, 7) is 6.25. The third-order valence-corrected chi connectivity index (χ3v) is 4.79. The fourth-order valence-electron chi connectivity index (χ4n) is 2.84. The minimum Gasteiger partial charge on any atom is -0.478 e. The van der Waals surface area contributed by atoms with E-state index in [-0.39, 0.29) is 24.4 Å². The third kappa shape index (κ3) is 11.8. The second-order valence-electron chi connectivity index (χ2n) is 7.79. The summed E-state index contributed by atoms with van der Waals surface area (Å²) in [7, 11) is 0. The van der Waals surface area contributed by atoms with Crippen molar-refractivity contribution >= 4 is 24.0 Å². The summed E-state index contributed by atoms with van der Waals surface area (Å²) in [6.07, 6.45) is 6.96. The number of carbonyl (C=O) groups is 3. The highest BCUT2D eigenvalue weighted by Crippen LogP contribution is 2.21. The van der Waals surface area contributed by atoms with Crippen LogP contribution < -0.4 is 0 Å². The Labute approximate surface area is 211 Å². The molecule has 190 valence electrons. The molecule has 0 saturated carbocycles. The van der Waals surface area contributed by atoms with Crippen molar-refractivity contribution in [2.75, 3.05) is 13.2 Å². The summed E-state index contributed by atoms with van der Waals surface area (Å²) in [4.78, 5) is 33.3. The highest BCUT2D eigenvalue weighted by atomic mass is 16.5. The van der Waals surface area contributed by atoms with Gasteiger partial charge in [-0.1, -0.05) is 91.5 Å². The summed E-state index contributed by atoms with van der Waals surface area (Å²) < 4.78 is 4.46. The maximum atomic E-state index is 11.8. The van der Waals surface area contributed by atoms with Crippen molar-refractivity contribution in [1.29, 1.82) is 0 Å². The van der Waals surface area contributed by atoms with Crippen LogP contribution in [0.5, 0.6) is 0 Å². The van der Waals surface area contributed by atoms with Crippen LogP contribution in [0.15, 0.2) is 102 Å². The van der Waals surface area contributed by atoms with Gasteiger partial charge in [-0.25, -0.2) is 14.4 Å². The fourth-order valence-corrected chi connectivity index (χ4v) is 2.84. The van der Waals surface area contributed by atoms with Crippen LogP contribution in [0, 0.1) is 5.92 Å². The minimum atomic E-state index is -1.07. The summed E-state index contributed by atoms with van der Waals surface area (Å²) in [6, 6.07) is 19.2. The molecule has 0 aromatic heterocycles. The summed E-state index contributed by atoms with van der Waals surface area (Å²) in [5.41, 5.74) is 2.55. The van der Waals surface area contributed by atoms with Gasteiger partial charge in [-0.15, -0.1) is 0 Å². The monoisotopic (exact) mass is 492 g/mol. The number of esters is 1. The molecule has 2 rings (SSSR count). The van der Waals surface area contributed by atoms with Crippen molar-refractivity contribution in [3.8, 4) is 0 Å². The molecular formula is C29H32O7. The maximum absolute atomic E-state index is 11.8. The zero-order valence-electron chi connectivity index (χ0n) is 20.5. The molecule has 0 bridgehead atoms. The lowest BCUT2D eigenvalue weighted by Gasteiger charge is -2.14. The molecule has 2 aromatic rings. The van der Waals surface area contributed by atoms with Crippen molar-refractivity contribution in [1.82, 2.24) is 0 Å². The molecule has 0 saturated heterocycles. The number of aliphatic carboxylic acids is 2. The standard InChI is InChI=1S/C23H22O4.C6H10O3/c1-17(22(24)25)12-15-21(23(26)27)20(16-19-10-6-3-7-11-19)14-13-18-8-4-2-5-9-18;1-5(2)6(8)9-4-3-7/h2-15,20H,16H2,1H3,(H,24,25)(H,26,27);7H,1,3-4H2,2H3. The molecule has 0 fully saturated rings. The number of aliphatic hydroxyl groups is 1. The fraction of sp³-hybridized carbons (Fsp3) is 0.207. The van der Waals surface area contributed by atoms with Gasteiger partial charge in [-0.05, 0) is 31.4 Å². The number of hydrogen-bond donors (Lipinski definition) is 3. The van der Waals surface area contributed by atoms with E-state index in [1.54, 1.807) is 6.92 Å². The van der Waals surface area contributed by atoms with E-state index in [0.717, 1.165) is 11.1 Å². The van der Waals surface area contributed by atoms with Crippen molar-refractivity contribution in [3.05, 3.63) is 113 Å². The van der Waals surface area contributed by atoms with Crippen LogP contribution in [0.3, 0.4) is 0 Å². The molecule has 3 N–H and O–H groups in total. The molecule has 0 amide bonds. The molecule has 0 aliphatic rings. The minimum absolute atomic E-state index is 0.0473. The van der Waals surface area contributed by atoms with Gasteiger partial charge in [0.15, 0.2) is 0 Å². The summed E-state index contributed by atoms with van der Waals surface area (Å²) in [5.74, 6) is -2.99. The van der Waals surface area contributed by atoms with E-state index >= 15 is 0 Å². The van der Waals surface area contributed by atoms with Crippen LogP contribution in [0.1, 0.15) is 25.0 Å². The first-order chi connectivity index (χ1) is 17.1. The Balaban J connectivity index is 0.000000613. The van der Waals surface area contributed by atoms with Gasteiger partial charge in [0.25, 0.3) is 0 Å². The Bertz CT molecular complexity index is 1100. The van der Waals surface area contributed by atoms with Crippen LogP contribution >= 0.6 is 0 Å². The number of hydrogen-bond acceptors (Lipinski definition) is 5. The quantitative estimate of drug-likeness (QED) is 0.236. The molecule has 0 heterocycles. The number of carboxylic acid groups (broad SMARTS) is 2.